The highest BCUT2D eigenvalue weighted by Crippen LogP contribution is 2.41. The molecule has 0 fully saturated rings. The standard InChI is InChI=1S/C20H15F2NO4.C2H6/c1-26-13-5-2-11-3-7-19-16(15(11)9-13)10-18(23(24)25)20(27-19)14-6-4-12(21)8-17(14)22;1-2/h2-9,18,20H,10H2,1H3;1-2H3. The summed E-state index contributed by atoms with van der Waals surface area (Å²) < 4.78 is 38.6. The van der Waals surface area contributed by atoms with Crippen molar-refractivity contribution in [2.45, 2.75) is 32.4 Å². The summed E-state index contributed by atoms with van der Waals surface area (Å²) in [6, 6.07) is 10.8. The quantitative estimate of drug-likeness (QED) is 0.431. The van der Waals surface area contributed by atoms with Crippen LogP contribution in [0.5, 0.6) is 11.5 Å². The summed E-state index contributed by atoms with van der Waals surface area (Å²) in [4.78, 5) is 11.2. The van der Waals surface area contributed by atoms with Crippen LogP contribution in [-0.2, 0) is 6.42 Å². The molecular weight excluding hydrogens is 380 g/mol. The first-order valence-electron chi connectivity index (χ1n) is 9.32. The second-order valence-corrected chi connectivity index (χ2v) is 6.39. The molecule has 29 heavy (non-hydrogen) atoms. The molecule has 0 bridgehead atoms. The van der Waals surface area contributed by atoms with Crippen LogP contribution >= 0.6 is 0 Å². The minimum atomic E-state index is -1.20. The normalized spacial score (nSPS) is 17.6. The maximum absolute atomic E-state index is 14.2. The van der Waals surface area contributed by atoms with Gasteiger partial charge in [-0.2, -0.15) is 0 Å². The lowest BCUT2D eigenvalue weighted by atomic mass is 9.90. The Hall–Kier alpha value is -3.22. The maximum Gasteiger partial charge on any atom is 0.257 e. The van der Waals surface area contributed by atoms with E-state index in [0.717, 1.165) is 16.8 Å². The number of rotatable bonds is 3. The van der Waals surface area contributed by atoms with Crippen LogP contribution in [0, 0.1) is 21.7 Å². The Morgan fingerprint density at radius 1 is 1.10 bits per heavy atom. The van der Waals surface area contributed by atoms with Crippen LogP contribution in [0.4, 0.5) is 8.78 Å². The second-order valence-electron chi connectivity index (χ2n) is 6.39. The summed E-state index contributed by atoms with van der Waals surface area (Å²) in [7, 11) is 1.54. The number of methoxy groups -OCH3 is 1. The first-order chi connectivity index (χ1) is 14.0. The van der Waals surface area contributed by atoms with Gasteiger partial charge < -0.3 is 9.47 Å². The van der Waals surface area contributed by atoms with Gasteiger partial charge in [-0.15, -0.1) is 0 Å². The molecule has 5 nitrogen and oxygen atoms in total. The molecule has 4 rings (SSSR count). The molecule has 1 aliphatic heterocycles. The smallest absolute Gasteiger partial charge is 0.257 e. The van der Waals surface area contributed by atoms with Gasteiger partial charge in [-0.3, -0.25) is 10.1 Å². The molecule has 7 heteroatoms. The molecule has 0 radical (unpaired) electrons. The van der Waals surface area contributed by atoms with Crippen LogP contribution in [0.25, 0.3) is 10.8 Å². The van der Waals surface area contributed by atoms with E-state index in [4.69, 9.17) is 9.47 Å². The largest absolute Gasteiger partial charge is 0.497 e. The number of ether oxygens (including phenoxy) is 2. The summed E-state index contributed by atoms with van der Waals surface area (Å²) in [5, 5.41) is 13.4. The van der Waals surface area contributed by atoms with Crippen molar-refractivity contribution in [3.63, 3.8) is 0 Å². The van der Waals surface area contributed by atoms with Crippen molar-refractivity contribution in [1.29, 1.82) is 0 Å². The third-order valence-corrected chi connectivity index (χ3v) is 4.85. The van der Waals surface area contributed by atoms with Gasteiger partial charge in [-0.05, 0) is 41.1 Å². The molecular formula is C22H21F2NO4. The van der Waals surface area contributed by atoms with E-state index in [0.29, 0.717) is 23.1 Å². The van der Waals surface area contributed by atoms with E-state index in [2.05, 4.69) is 0 Å². The van der Waals surface area contributed by atoms with Crippen LogP contribution in [0.1, 0.15) is 31.1 Å². The van der Waals surface area contributed by atoms with Crippen molar-refractivity contribution < 1.29 is 23.2 Å². The fourth-order valence-corrected chi connectivity index (χ4v) is 3.51. The molecule has 152 valence electrons. The molecule has 1 heterocycles. The lowest BCUT2D eigenvalue weighted by Crippen LogP contribution is -2.37. The molecule has 0 aliphatic carbocycles. The number of fused-ring (bicyclic) bond motifs is 3. The Kier molecular flexibility index (Phi) is 5.96. The Balaban J connectivity index is 0.00000117. The summed E-state index contributed by atoms with van der Waals surface area (Å²) >= 11 is 0. The van der Waals surface area contributed by atoms with Crippen LogP contribution in [0.15, 0.2) is 48.5 Å². The van der Waals surface area contributed by atoms with Crippen LogP contribution in [-0.4, -0.2) is 18.1 Å². The number of halogens is 2. The Labute approximate surface area is 167 Å². The summed E-state index contributed by atoms with van der Waals surface area (Å²) in [6.45, 7) is 4.00. The van der Waals surface area contributed by atoms with E-state index in [-0.39, 0.29) is 12.0 Å². The van der Waals surface area contributed by atoms with E-state index in [1.165, 1.54) is 6.07 Å². The molecule has 0 saturated carbocycles. The lowest BCUT2D eigenvalue weighted by molar-refractivity contribution is -0.535. The van der Waals surface area contributed by atoms with E-state index < -0.39 is 28.7 Å². The third kappa shape index (κ3) is 3.85. The van der Waals surface area contributed by atoms with Gasteiger partial charge in [0.2, 0.25) is 0 Å². The molecule has 0 aromatic heterocycles. The van der Waals surface area contributed by atoms with Crippen molar-refractivity contribution in [2.75, 3.05) is 7.11 Å². The molecule has 1 aliphatic rings. The topological polar surface area (TPSA) is 61.6 Å². The highest BCUT2D eigenvalue weighted by molar-refractivity contribution is 5.89. The van der Waals surface area contributed by atoms with E-state index in [1.807, 2.05) is 26.0 Å². The molecule has 0 N–H and O–H groups in total. The minimum absolute atomic E-state index is 0.0329. The zero-order chi connectivity index (χ0) is 21.1. The zero-order valence-electron chi connectivity index (χ0n) is 16.3. The molecule has 2 atom stereocenters. The molecule has 2 unspecified atom stereocenters. The highest BCUT2D eigenvalue weighted by Gasteiger charge is 2.41. The number of hydrogen-bond donors (Lipinski definition) is 0. The van der Waals surface area contributed by atoms with Crippen LogP contribution in [0.3, 0.4) is 0 Å². The Morgan fingerprint density at radius 2 is 1.83 bits per heavy atom. The molecule has 0 saturated heterocycles. The fraction of sp³-hybridized carbons (Fsp3) is 0.273. The summed E-state index contributed by atoms with van der Waals surface area (Å²) in [5.41, 5.74) is 0.640. The molecule has 0 spiro atoms. The lowest BCUT2D eigenvalue weighted by Gasteiger charge is -2.30. The van der Waals surface area contributed by atoms with Crippen molar-refractivity contribution in [3.05, 3.63) is 81.4 Å². The highest BCUT2D eigenvalue weighted by atomic mass is 19.1. The summed E-state index contributed by atoms with van der Waals surface area (Å²) in [6.07, 6.45) is -1.08. The Bertz CT molecular complexity index is 1050. The van der Waals surface area contributed by atoms with Gasteiger partial charge in [0.05, 0.1) is 7.11 Å². The van der Waals surface area contributed by atoms with Gasteiger partial charge in [0.15, 0.2) is 6.10 Å². The molecule has 0 amide bonds. The molecule has 3 aromatic carbocycles. The van der Waals surface area contributed by atoms with Crippen molar-refractivity contribution in [2.24, 2.45) is 0 Å². The van der Waals surface area contributed by atoms with Crippen LogP contribution in [0.2, 0.25) is 0 Å². The van der Waals surface area contributed by atoms with E-state index in [1.54, 1.807) is 25.3 Å². The van der Waals surface area contributed by atoms with Gasteiger partial charge in [0, 0.05) is 28.5 Å². The number of nitrogens with zero attached hydrogens (tertiary/aromatic N) is 1. The maximum atomic E-state index is 14.2. The third-order valence-electron chi connectivity index (χ3n) is 4.85. The molecule has 3 aromatic rings. The SMILES string of the molecule is CC.COc1ccc2ccc3c(c2c1)CC([N+](=O)[O-])C(c1ccc(F)cc1F)O3. The Morgan fingerprint density at radius 3 is 2.48 bits per heavy atom. The first kappa shape index (κ1) is 20.5. The van der Waals surface area contributed by atoms with Gasteiger partial charge in [0.25, 0.3) is 6.04 Å². The van der Waals surface area contributed by atoms with Gasteiger partial charge in [-0.1, -0.05) is 26.0 Å². The van der Waals surface area contributed by atoms with E-state index >= 15 is 0 Å². The van der Waals surface area contributed by atoms with Gasteiger partial charge in [0.1, 0.15) is 23.1 Å². The monoisotopic (exact) mass is 401 g/mol. The fourth-order valence-electron chi connectivity index (χ4n) is 3.51. The van der Waals surface area contributed by atoms with Crippen molar-refractivity contribution in [1.82, 2.24) is 0 Å². The van der Waals surface area contributed by atoms with Crippen LogP contribution < -0.4 is 9.47 Å². The van der Waals surface area contributed by atoms with Crippen molar-refractivity contribution in [3.8, 4) is 11.5 Å². The average Bonchev–Trinajstić information content (AvgIpc) is 2.73. The predicted octanol–water partition coefficient (Wildman–Crippen LogP) is 5.47. The second kappa shape index (κ2) is 8.43. The first-order valence-corrected chi connectivity index (χ1v) is 9.32. The minimum Gasteiger partial charge on any atom is -0.497 e. The van der Waals surface area contributed by atoms with Gasteiger partial charge >= 0.3 is 0 Å². The summed E-state index contributed by atoms with van der Waals surface area (Å²) in [5.74, 6) is -0.538. The predicted molar refractivity (Wildman–Crippen MR) is 106 cm³/mol. The average molecular weight is 401 g/mol. The zero-order valence-corrected chi connectivity index (χ0v) is 16.3. The number of hydrogen-bond acceptors (Lipinski definition) is 4. The van der Waals surface area contributed by atoms with Gasteiger partial charge in [-0.25, -0.2) is 8.78 Å². The number of nitro groups is 1. The van der Waals surface area contributed by atoms with Crippen molar-refractivity contribution >= 4 is 10.8 Å². The van der Waals surface area contributed by atoms with E-state index in [9.17, 15) is 18.9 Å². The number of benzene rings is 3.